The quantitative estimate of drug-likeness (QED) is 0.890. The van der Waals surface area contributed by atoms with E-state index in [0.29, 0.717) is 6.04 Å². The van der Waals surface area contributed by atoms with Crippen molar-refractivity contribution in [3.05, 3.63) is 24.3 Å². The summed E-state index contributed by atoms with van der Waals surface area (Å²) in [4.78, 5) is 0. The molecular weight excluding hydrogens is 232 g/mol. The predicted octanol–water partition coefficient (Wildman–Crippen LogP) is 2.89. The third-order valence-corrected chi connectivity index (χ3v) is 4.06. The van der Waals surface area contributed by atoms with Gasteiger partial charge in [-0.15, -0.1) is 0 Å². The van der Waals surface area contributed by atoms with Crippen molar-refractivity contribution in [1.29, 1.82) is 5.26 Å². The van der Waals surface area contributed by atoms with Gasteiger partial charge in [0.1, 0.15) is 11.8 Å². The van der Waals surface area contributed by atoms with Gasteiger partial charge in [-0.25, -0.2) is 0 Å². The Bertz CT molecular complexity index is 416. The Kier molecular flexibility index (Phi) is 4.16. The lowest BCUT2D eigenvalue weighted by Gasteiger charge is -2.14. The molecule has 2 rings (SSSR count). The number of benzene rings is 1. The molecule has 0 aliphatic carbocycles. The fraction of sp³-hybridized carbons (Fsp3) is 0.462. The van der Waals surface area contributed by atoms with E-state index < -0.39 is 0 Å². The Hall–Kier alpha value is -1.34. The molecule has 0 spiro atoms. The number of nitriles is 1. The average molecular weight is 248 g/mol. The fourth-order valence-electron chi connectivity index (χ4n) is 1.94. The third-order valence-electron chi connectivity index (χ3n) is 2.71. The number of nitrogens with one attached hydrogen (secondary N) is 1. The highest BCUT2D eigenvalue weighted by Crippen LogP contribution is 2.29. The molecule has 0 saturated carbocycles. The number of rotatable bonds is 4. The van der Waals surface area contributed by atoms with Gasteiger partial charge >= 0.3 is 0 Å². The van der Waals surface area contributed by atoms with Gasteiger partial charge in [0.25, 0.3) is 0 Å². The molecule has 2 atom stereocenters. The highest BCUT2D eigenvalue weighted by atomic mass is 32.2. The summed E-state index contributed by atoms with van der Waals surface area (Å²) in [6.07, 6.45) is 1.20. The molecule has 2 unspecified atom stereocenters. The Labute approximate surface area is 106 Å². The maximum atomic E-state index is 8.46. The highest BCUT2D eigenvalue weighted by molar-refractivity contribution is 8.00. The zero-order valence-electron chi connectivity index (χ0n) is 9.85. The molecule has 1 aliphatic rings. The summed E-state index contributed by atoms with van der Waals surface area (Å²) >= 11 is 2.01. The molecule has 3 nitrogen and oxygen atoms in total. The Morgan fingerprint density at radius 3 is 3.18 bits per heavy atom. The van der Waals surface area contributed by atoms with Crippen molar-refractivity contribution >= 4 is 17.4 Å². The van der Waals surface area contributed by atoms with Gasteiger partial charge in [-0.1, -0.05) is 13.0 Å². The van der Waals surface area contributed by atoms with Gasteiger partial charge in [-0.2, -0.15) is 17.0 Å². The van der Waals surface area contributed by atoms with E-state index in [4.69, 9.17) is 10.00 Å². The number of anilines is 1. The first kappa shape index (κ1) is 12.1. The summed E-state index contributed by atoms with van der Waals surface area (Å²) in [5.41, 5.74) is 1.07. The molecule has 0 bridgehead atoms. The lowest BCUT2D eigenvalue weighted by molar-refractivity contribution is 0.368. The lowest BCUT2D eigenvalue weighted by Crippen LogP contribution is -2.18. The van der Waals surface area contributed by atoms with Crippen LogP contribution in [0.1, 0.15) is 13.3 Å². The third kappa shape index (κ3) is 3.57. The van der Waals surface area contributed by atoms with E-state index in [0.717, 1.165) is 22.4 Å². The van der Waals surface area contributed by atoms with Crippen molar-refractivity contribution in [3.63, 3.8) is 0 Å². The van der Waals surface area contributed by atoms with E-state index in [1.54, 1.807) is 0 Å². The van der Waals surface area contributed by atoms with Gasteiger partial charge in [0.15, 0.2) is 6.61 Å². The summed E-state index contributed by atoms with van der Waals surface area (Å²) in [5, 5.41) is 12.7. The largest absolute Gasteiger partial charge is 0.479 e. The van der Waals surface area contributed by atoms with Crippen LogP contribution in [0.15, 0.2) is 24.3 Å². The predicted molar refractivity (Wildman–Crippen MR) is 71.5 cm³/mol. The smallest absolute Gasteiger partial charge is 0.174 e. The number of thioether (sulfide) groups is 1. The molecule has 1 saturated heterocycles. The van der Waals surface area contributed by atoms with Gasteiger partial charge < -0.3 is 10.1 Å². The number of hydrogen-bond donors (Lipinski definition) is 1. The average Bonchev–Trinajstić information content (AvgIpc) is 2.73. The number of hydrogen-bond acceptors (Lipinski definition) is 4. The van der Waals surface area contributed by atoms with Crippen LogP contribution in [0.4, 0.5) is 5.69 Å². The molecule has 1 aromatic carbocycles. The molecule has 0 radical (unpaired) electrons. The van der Waals surface area contributed by atoms with Crippen molar-refractivity contribution in [2.45, 2.75) is 24.6 Å². The first-order chi connectivity index (χ1) is 8.28. The summed E-state index contributed by atoms with van der Waals surface area (Å²) in [5.74, 6) is 1.90. The van der Waals surface area contributed by atoms with Crippen LogP contribution in [0.5, 0.6) is 5.75 Å². The summed E-state index contributed by atoms with van der Waals surface area (Å²) < 4.78 is 5.28. The van der Waals surface area contributed by atoms with Crippen LogP contribution in [0, 0.1) is 11.3 Å². The van der Waals surface area contributed by atoms with Gasteiger partial charge in [0.05, 0.1) is 0 Å². The van der Waals surface area contributed by atoms with Crippen molar-refractivity contribution in [1.82, 2.24) is 0 Å². The van der Waals surface area contributed by atoms with Crippen molar-refractivity contribution in [2.75, 3.05) is 17.7 Å². The monoisotopic (exact) mass is 248 g/mol. The van der Waals surface area contributed by atoms with E-state index in [2.05, 4.69) is 12.2 Å². The van der Waals surface area contributed by atoms with E-state index in [1.807, 2.05) is 42.1 Å². The molecule has 17 heavy (non-hydrogen) atoms. The maximum Gasteiger partial charge on any atom is 0.174 e. The topological polar surface area (TPSA) is 45.0 Å². The zero-order chi connectivity index (χ0) is 12.1. The minimum atomic E-state index is 0.0970. The lowest BCUT2D eigenvalue weighted by atomic mass is 10.2. The Morgan fingerprint density at radius 1 is 1.59 bits per heavy atom. The van der Waals surface area contributed by atoms with E-state index >= 15 is 0 Å². The minimum Gasteiger partial charge on any atom is -0.479 e. The molecule has 4 heteroatoms. The molecule has 1 N–H and O–H groups in total. The van der Waals surface area contributed by atoms with E-state index in [-0.39, 0.29) is 6.61 Å². The second-order valence-corrected chi connectivity index (χ2v) is 5.67. The van der Waals surface area contributed by atoms with Crippen LogP contribution in [-0.4, -0.2) is 23.7 Å². The second-order valence-electron chi connectivity index (χ2n) is 4.20. The van der Waals surface area contributed by atoms with Gasteiger partial charge in [-0.3, -0.25) is 0 Å². The van der Waals surface area contributed by atoms with Gasteiger partial charge in [-0.05, 0) is 18.6 Å². The molecule has 1 aromatic rings. The van der Waals surface area contributed by atoms with Crippen molar-refractivity contribution in [3.8, 4) is 11.8 Å². The fourth-order valence-corrected chi connectivity index (χ4v) is 3.09. The standard InChI is InChI=1S/C13H16N2OS/c1-10-7-12(9-17-10)15-11-3-2-4-13(8-11)16-6-5-14/h2-4,8,10,12,15H,6-7,9H2,1H3. The normalized spacial score (nSPS) is 23.1. The first-order valence-corrected chi connectivity index (χ1v) is 6.81. The number of nitrogens with zero attached hydrogens (tertiary/aromatic N) is 1. The van der Waals surface area contributed by atoms with Gasteiger partial charge in [0, 0.05) is 28.8 Å². The molecule has 0 aromatic heterocycles. The second kappa shape index (κ2) is 5.83. The van der Waals surface area contributed by atoms with Crippen LogP contribution in [0.25, 0.3) is 0 Å². The molecule has 1 heterocycles. The molecule has 90 valence electrons. The van der Waals surface area contributed by atoms with Crippen LogP contribution >= 0.6 is 11.8 Å². The van der Waals surface area contributed by atoms with E-state index in [9.17, 15) is 0 Å². The molecule has 1 aliphatic heterocycles. The summed E-state index contributed by atoms with van der Waals surface area (Å²) in [7, 11) is 0. The Morgan fingerprint density at radius 2 is 2.47 bits per heavy atom. The van der Waals surface area contributed by atoms with Crippen LogP contribution in [-0.2, 0) is 0 Å². The minimum absolute atomic E-state index is 0.0970. The first-order valence-electron chi connectivity index (χ1n) is 5.76. The maximum absolute atomic E-state index is 8.46. The molecule has 0 amide bonds. The zero-order valence-corrected chi connectivity index (χ0v) is 10.7. The van der Waals surface area contributed by atoms with Crippen LogP contribution < -0.4 is 10.1 Å². The number of ether oxygens (including phenoxy) is 1. The van der Waals surface area contributed by atoms with Crippen LogP contribution in [0.3, 0.4) is 0 Å². The Balaban J connectivity index is 1.94. The van der Waals surface area contributed by atoms with Crippen molar-refractivity contribution < 1.29 is 4.74 Å². The summed E-state index contributed by atoms with van der Waals surface area (Å²) in [6.45, 7) is 2.36. The van der Waals surface area contributed by atoms with E-state index in [1.165, 1.54) is 6.42 Å². The van der Waals surface area contributed by atoms with Gasteiger partial charge in [0.2, 0.25) is 0 Å². The van der Waals surface area contributed by atoms with Crippen molar-refractivity contribution in [2.24, 2.45) is 0 Å². The highest BCUT2D eigenvalue weighted by Gasteiger charge is 2.21. The summed E-state index contributed by atoms with van der Waals surface area (Å²) in [6, 6.07) is 10.3. The molecular formula is C13H16N2OS. The van der Waals surface area contributed by atoms with Crippen LogP contribution in [0.2, 0.25) is 0 Å². The SMILES string of the molecule is CC1CC(Nc2cccc(OCC#N)c2)CS1. The molecule has 1 fully saturated rings.